The molecule has 1 aromatic rings. The first kappa shape index (κ1) is 10.2. The van der Waals surface area contributed by atoms with Crippen molar-refractivity contribution in [2.24, 2.45) is 0 Å². The highest BCUT2D eigenvalue weighted by molar-refractivity contribution is 4.88. The Labute approximate surface area is 86.7 Å². The molecule has 1 saturated heterocycles. The first-order valence-electron chi connectivity index (χ1n) is 5.25. The molecule has 1 fully saturated rings. The average Bonchev–Trinajstić information content (AvgIpc) is 2.48. The lowest BCUT2D eigenvalue weighted by Gasteiger charge is -2.33. The van der Waals surface area contributed by atoms with Gasteiger partial charge in [0.15, 0.2) is 0 Å². The molecule has 3 N–H and O–H groups in total. The van der Waals surface area contributed by atoms with Gasteiger partial charge in [-0.15, -0.1) is 0 Å². The summed E-state index contributed by atoms with van der Waals surface area (Å²) in [6.07, 6.45) is 1.84. The van der Waals surface area contributed by atoms with Crippen LogP contribution in [-0.2, 0) is 0 Å². The average molecular weight is 212 g/mol. The normalized spacial score (nSPS) is 31.7. The molecule has 1 aliphatic heterocycles. The fourth-order valence-corrected chi connectivity index (χ4v) is 2.29. The van der Waals surface area contributed by atoms with Gasteiger partial charge >= 0.3 is 11.4 Å². The minimum absolute atomic E-state index is 0.0521. The van der Waals surface area contributed by atoms with Crippen LogP contribution in [0, 0.1) is 0 Å². The Bertz CT molecular complexity index is 416. The largest absolute Gasteiger partial charge is 0.344 e. The van der Waals surface area contributed by atoms with Crippen molar-refractivity contribution in [3.05, 3.63) is 21.0 Å². The van der Waals surface area contributed by atoms with Gasteiger partial charge in [-0.1, -0.05) is 0 Å². The second-order valence-electron chi connectivity index (χ2n) is 4.23. The third-order valence-corrected chi connectivity index (χ3v) is 3.07. The number of hydrogen-bond donors (Lipinski definition) is 3. The minimum atomic E-state index is -0.354. The van der Waals surface area contributed by atoms with E-state index in [2.05, 4.69) is 22.4 Å². The summed E-state index contributed by atoms with van der Waals surface area (Å²) in [5.41, 5.74) is -0.707. The highest BCUT2D eigenvalue weighted by Crippen LogP contribution is 2.21. The van der Waals surface area contributed by atoms with Crippen molar-refractivity contribution >= 4 is 0 Å². The van der Waals surface area contributed by atoms with Crippen LogP contribution in [0.25, 0.3) is 0 Å². The molecular formula is C9H16N4O2. The summed E-state index contributed by atoms with van der Waals surface area (Å²) in [4.78, 5) is 22.8. The molecule has 3 unspecified atom stereocenters. The summed E-state index contributed by atoms with van der Waals surface area (Å²) < 4.78 is 1.27. The Morgan fingerprint density at radius 2 is 1.73 bits per heavy atom. The van der Waals surface area contributed by atoms with E-state index in [-0.39, 0.29) is 23.5 Å². The maximum absolute atomic E-state index is 11.4. The molecule has 0 saturated carbocycles. The van der Waals surface area contributed by atoms with E-state index in [0.29, 0.717) is 6.04 Å². The molecule has 2 rings (SSSR count). The van der Waals surface area contributed by atoms with Gasteiger partial charge < -0.3 is 5.32 Å². The number of aromatic nitrogens is 3. The smallest absolute Gasteiger partial charge is 0.310 e. The quantitative estimate of drug-likeness (QED) is 0.590. The first-order valence-corrected chi connectivity index (χ1v) is 5.25. The van der Waals surface area contributed by atoms with Crippen molar-refractivity contribution < 1.29 is 0 Å². The van der Waals surface area contributed by atoms with Crippen LogP contribution in [0.3, 0.4) is 0 Å². The highest BCUT2D eigenvalue weighted by Gasteiger charge is 2.28. The standard InChI is InChI=1S/C9H16N4O2/c1-5-3-4-7(6(2)10-5)13-8(14)11-12-9(13)15/h5-7,10H,3-4H2,1-2H3,(H,11,14)(H,12,15). The second kappa shape index (κ2) is 3.69. The van der Waals surface area contributed by atoms with Crippen LogP contribution < -0.4 is 16.7 Å². The van der Waals surface area contributed by atoms with E-state index in [1.54, 1.807) is 0 Å². The van der Waals surface area contributed by atoms with E-state index >= 15 is 0 Å². The number of hydrogen-bond acceptors (Lipinski definition) is 3. The first-order chi connectivity index (χ1) is 7.09. The fraction of sp³-hybridized carbons (Fsp3) is 0.778. The Morgan fingerprint density at radius 1 is 1.13 bits per heavy atom. The number of nitrogens with zero attached hydrogens (tertiary/aromatic N) is 1. The summed E-state index contributed by atoms with van der Waals surface area (Å²) in [6.45, 7) is 4.11. The predicted molar refractivity (Wildman–Crippen MR) is 56.0 cm³/mol. The molecule has 0 amide bonds. The second-order valence-corrected chi connectivity index (χ2v) is 4.23. The summed E-state index contributed by atoms with van der Waals surface area (Å²) >= 11 is 0. The van der Waals surface area contributed by atoms with Crippen molar-refractivity contribution in [2.75, 3.05) is 0 Å². The van der Waals surface area contributed by atoms with Crippen molar-refractivity contribution in [1.29, 1.82) is 0 Å². The zero-order chi connectivity index (χ0) is 11.0. The summed E-state index contributed by atoms with van der Waals surface area (Å²) in [5.74, 6) is 0. The van der Waals surface area contributed by atoms with E-state index in [0.717, 1.165) is 12.8 Å². The number of rotatable bonds is 1. The molecule has 1 aromatic heterocycles. The number of piperidine rings is 1. The molecule has 0 radical (unpaired) electrons. The molecule has 2 heterocycles. The molecule has 3 atom stereocenters. The van der Waals surface area contributed by atoms with Gasteiger partial charge in [-0.05, 0) is 26.7 Å². The van der Waals surface area contributed by atoms with Crippen molar-refractivity contribution in [3.8, 4) is 0 Å². The van der Waals surface area contributed by atoms with Crippen LogP contribution in [0.5, 0.6) is 0 Å². The lowest BCUT2D eigenvalue weighted by atomic mass is 9.95. The van der Waals surface area contributed by atoms with Gasteiger partial charge in [-0.25, -0.2) is 24.4 Å². The van der Waals surface area contributed by atoms with Gasteiger partial charge in [0.2, 0.25) is 0 Å². The highest BCUT2D eigenvalue weighted by atomic mass is 16.2. The Kier molecular flexibility index (Phi) is 2.52. The van der Waals surface area contributed by atoms with E-state index in [4.69, 9.17) is 0 Å². The van der Waals surface area contributed by atoms with Crippen LogP contribution in [0.1, 0.15) is 32.7 Å². The third kappa shape index (κ3) is 1.77. The van der Waals surface area contributed by atoms with Gasteiger partial charge in [-0.2, -0.15) is 0 Å². The molecule has 1 aliphatic rings. The van der Waals surface area contributed by atoms with E-state index in [1.165, 1.54) is 4.57 Å². The van der Waals surface area contributed by atoms with Gasteiger partial charge in [0.05, 0.1) is 6.04 Å². The molecule has 0 spiro atoms. The van der Waals surface area contributed by atoms with Gasteiger partial charge in [0, 0.05) is 12.1 Å². The maximum Gasteiger partial charge on any atom is 0.344 e. The molecule has 0 aliphatic carbocycles. The van der Waals surface area contributed by atoms with Crippen LogP contribution >= 0.6 is 0 Å². The Balaban J connectivity index is 2.32. The molecule has 0 bridgehead atoms. The number of aromatic amines is 2. The molecule has 0 aromatic carbocycles. The van der Waals surface area contributed by atoms with Crippen LogP contribution in [0.4, 0.5) is 0 Å². The van der Waals surface area contributed by atoms with E-state index in [1.807, 2.05) is 6.92 Å². The number of H-pyrrole nitrogens is 2. The summed E-state index contributed by atoms with van der Waals surface area (Å²) in [6, 6.07) is 0.539. The monoisotopic (exact) mass is 212 g/mol. The van der Waals surface area contributed by atoms with Crippen molar-refractivity contribution in [1.82, 2.24) is 20.1 Å². The summed E-state index contributed by atoms with van der Waals surface area (Å²) in [5, 5.41) is 7.96. The molecule has 84 valence electrons. The zero-order valence-electron chi connectivity index (χ0n) is 8.91. The predicted octanol–water partition coefficient (Wildman–Crippen LogP) is -0.434. The van der Waals surface area contributed by atoms with Crippen LogP contribution in [0.15, 0.2) is 9.59 Å². The minimum Gasteiger partial charge on any atom is -0.310 e. The third-order valence-electron chi connectivity index (χ3n) is 3.07. The number of nitrogens with one attached hydrogen (secondary N) is 3. The van der Waals surface area contributed by atoms with E-state index in [9.17, 15) is 9.59 Å². The SMILES string of the molecule is CC1CCC(n2c(=O)[nH][nH]c2=O)C(C)N1. The van der Waals surface area contributed by atoms with Crippen LogP contribution in [0.2, 0.25) is 0 Å². The lowest BCUT2D eigenvalue weighted by Crippen LogP contribution is -2.49. The lowest BCUT2D eigenvalue weighted by molar-refractivity contribution is 0.246. The summed E-state index contributed by atoms with van der Waals surface area (Å²) in [7, 11) is 0. The van der Waals surface area contributed by atoms with Gasteiger partial charge in [0.1, 0.15) is 0 Å². The molecular weight excluding hydrogens is 196 g/mol. The molecule has 15 heavy (non-hydrogen) atoms. The van der Waals surface area contributed by atoms with E-state index < -0.39 is 0 Å². The van der Waals surface area contributed by atoms with Gasteiger partial charge in [-0.3, -0.25) is 0 Å². The Hall–Kier alpha value is -1.30. The van der Waals surface area contributed by atoms with Crippen molar-refractivity contribution in [3.63, 3.8) is 0 Å². The molecule has 6 heteroatoms. The van der Waals surface area contributed by atoms with Gasteiger partial charge in [0.25, 0.3) is 0 Å². The topological polar surface area (TPSA) is 82.7 Å². The fourth-order valence-electron chi connectivity index (χ4n) is 2.29. The Morgan fingerprint density at radius 3 is 2.27 bits per heavy atom. The van der Waals surface area contributed by atoms with Crippen LogP contribution in [-0.4, -0.2) is 26.8 Å². The van der Waals surface area contributed by atoms with Crippen molar-refractivity contribution in [2.45, 2.75) is 44.8 Å². The zero-order valence-corrected chi connectivity index (χ0v) is 8.91. The molecule has 6 nitrogen and oxygen atoms in total. The maximum atomic E-state index is 11.4.